The Kier molecular flexibility index (Phi) is 7.20. The van der Waals surface area contributed by atoms with Gasteiger partial charge in [-0.05, 0) is 37.2 Å². The van der Waals surface area contributed by atoms with Gasteiger partial charge in [0.25, 0.3) is 0 Å². The third kappa shape index (κ3) is 4.45. The first kappa shape index (κ1) is 21.3. The average Bonchev–Trinajstić information content (AvgIpc) is 2.63. The maximum absolute atomic E-state index is 12.8. The zero-order valence-electron chi connectivity index (χ0n) is 15.8. The lowest BCUT2D eigenvalue weighted by molar-refractivity contribution is 0.188. The van der Waals surface area contributed by atoms with Crippen molar-refractivity contribution in [1.82, 2.24) is 13.5 Å². The Morgan fingerprint density at radius 2 is 1.35 bits per heavy atom. The van der Waals surface area contributed by atoms with Gasteiger partial charge in [-0.2, -0.15) is 8.61 Å². The summed E-state index contributed by atoms with van der Waals surface area (Å²) in [5.74, 6) is 0. The molecule has 0 N–H and O–H groups in total. The van der Waals surface area contributed by atoms with Crippen LogP contribution >= 0.6 is 0 Å². The highest BCUT2D eigenvalue weighted by atomic mass is 32.2. The minimum atomic E-state index is -3.60. The molecule has 0 spiro atoms. The fraction of sp³-hybridized carbons (Fsp3) is 0.647. The van der Waals surface area contributed by atoms with E-state index in [-0.39, 0.29) is 9.79 Å². The van der Waals surface area contributed by atoms with E-state index in [4.69, 9.17) is 0 Å². The molecule has 0 bridgehead atoms. The van der Waals surface area contributed by atoms with Crippen molar-refractivity contribution >= 4 is 20.0 Å². The third-order valence-electron chi connectivity index (χ3n) is 4.68. The molecule has 1 aliphatic rings. The van der Waals surface area contributed by atoms with Gasteiger partial charge < -0.3 is 4.90 Å². The van der Waals surface area contributed by atoms with Gasteiger partial charge in [-0.3, -0.25) is 0 Å². The molecule has 1 saturated heterocycles. The summed E-state index contributed by atoms with van der Waals surface area (Å²) >= 11 is 0. The van der Waals surface area contributed by atoms with E-state index in [1.54, 1.807) is 13.8 Å². The van der Waals surface area contributed by atoms with Crippen molar-refractivity contribution < 1.29 is 16.8 Å². The van der Waals surface area contributed by atoms with E-state index in [0.29, 0.717) is 26.2 Å². The molecule has 1 aromatic carbocycles. The van der Waals surface area contributed by atoms with E-state index in [0.717, 1.165) is 26.1 Å². The molecule has 1 aliphatic heterocycles. The molecular weight excluding hydrogens is 374 g/mol. The van der Waals surface area contributed by atoms with Crippen LogP contribution in [-0.4, -0.2) is 76.2 Å². The quantitative estimate of drug-likeness (QED) is 0.656. The number of hydrogen-bond donors (Lipinski definition) is 0. The minimum Gasteiger partial charge on any atom is -0.301 e. The van der Waals surface area contributed by atoms with E-state index < -0.39 is 20.0 Å². The maximum Gasteiger partial charge on any atom is 0.243 e. The molecule has 0 saturated carbocycles. The summed E-state index contributed by atoms with van der Waals surface area (Å²) in [6, 6.07) is 5.55. The summed E-state index contributed by atoms with van der Waals surface area (Å²) in [5.41, 5.74) is 0. The van der Waals surface area contributed by atoms with Crippen molar-refractivity contribution in [2.45, 2.75) is 37.0 Å². The molecular formula is C17H29N3O4S2. The lowest BCUT2D eigenvalue weighted by atomic mass is 10.3. The van der Waals surface area contributed by atoms with Gasteiger partial charge in [0.05, 0.1) is 9.79 Å². The lowest BCUT2D eigenvalue weighted by Crippen LogP contribution is -2.48. The van der Waals surface area contributed by atoms with Crippen molar-refractivity contribution in [3.8, 4) is 0 Å². The Labute approximate surface area is 157 Å². The molecule has 1 heterocycles. The largest absolute Gasteiger partial charge is 0.301 e. The van der Waals surface area contributed by atoms with Crippen LogP contribution in [0.5, 0.6) is 0 Å². The van der Waals surface area contributed by atoms with Crippen molar-refractivity contribution in [3.63, 3.8) is 0 Å². The van der Waals surface area contributed by atoms with Gasteiger partial charge in [0, 0.05) is 39.3 Å². The SMILES string of the molecule is CCCN1CCN(S(=O)(=O)c2ccc(S(=O)(=O)N(CC)CC)cc2)CC1. The van der Waals surface area contributed by atoms with E-state index >= 15 is 0 Å². The highest BCUT2D eigenvalue weighted by Crippen LogP contribution is 2.21. The van der Waals surface area contributed by atoms with Gasteiger partial charge in [0.15, 0.2) is 0 Å². The monoisotopic (exact) mass is 403 g/mol. The normalized spacial score (nSPS) is 17.7. The van der Waals surface area contributed by atoms with Crippen LogP contribution in [0.1, 0.15) is 27.2 Å². The predicted octanol–water partition coefficient (Wildman–Crippen LogP) is 1.43. The van der Waals surface area contributed by atoms with Gasteiger partial charge in [-0.15, -0.1) is 0 Å². The van der Waals surface area contributed by atoms with Crippen LogP contribution < -0.4 is 0 Å². The molecule has 0 atom stereocenters. The first-order valence-corrected chi connectivity index (χ1v) is 12.0. The van der Waals surface area contributed by atoms with Crippen molar-refractivity contribution in [2.75, 3.05) is 45.8 Å². The topological polar surface area (TPSA) is 78.0 Å². The molecule has 26 heavy (non-hydrogen) atoms. The third-order valence-corrected chi connectivity index (χ3v) is 8.65. The first-order valence-electron chi connectivity index (χ1n) is 9.10. The molecule has 0 amide bonds. The Bertz CT molecular complexity index is 780. The van der Waals surface area contributed by atoms with Crippen LogP contribution in [0, 0.1) is 0 Å². The summed E-state index contributed by atoms with van der Waals surface area (Å²) < 4.78 is 53.5. The fourth-order valence-electron chi connectivity index (χ4n) is 3.15. The molecule has 0 radical (unpaired) electrons. The first-order chi connectivity index (χ1) is 12.3. The van der Waals surface area contributed by atoms with E-state index in [1.807, 2.05) is 0 Å². The summed E-state index contributed by atoms with van der Waals surface area (Å²) in [7, 11) is -7.18. The molecule has 0 aliphatic carbocycles. The second kappa shape index (κ2) is 8.79. The summed E-state index contributed by atoms with van der Waals surface area (Å²) in [4.78, 5) is 2.51. The Morgan fingerprint density at radius 3 is 1.81 bits per heavy atom. The highest BCUT2D eigenvalue weighted by molar-refractivity contribution is 7.89. The summed E-state index contributed by atoms with van der Waals surface area (Å²) in [6.45, 7) is 9.76. The van der Waals surface area contributed by atoms with Crippen LogP contribution in [0.4, 0.5) is 0 Å². The number of rotatable bonds is 8. The Balaban J connectivity index is 2.17. The smallest absolute Gasteiger partial charge is 0.243 e. The Morgan fingerprint density at radius 1 is 0.846 bits per heavy atom. The van der Waals surface area contributed by atoms with Gasteiger partial charge in [0.1, 0.15) is 0 Å². The number of nitrogens with zero attached hydrogens (tertiary/aromatic N) is 3. The molecule has 9 heteroatoms. The van der Waals surface area contributed by atoms with Crippen molar-refractivity contribution in [3.05, 3.63) is 24.3 Å². The fourth-order valence-corrected chi connectivity index (χ4v) is 6.04. The number of hydrogen-bond acceptors (Lipinski definition) is 5. The molecule has 1 fully saturated rings. The lowest BCUT2D eigenvalue weighted by Gasteiger charge is -2.33. The van der Waals surface area contributed by atoms with Crippen LogP contribution in [0.2, 0.25) is 0 Å². The molecule has 2 rings (SSSR count). The molecule has 1 aromatic rings. The number of piperazine rings is 1. The maximum atomic E-state index is 12.8. The van der Waals surface area contributed by atoms with Crippen LogP contribution in [0.15, 0.2) is 34.1 Å². The van der Waals surface area contributed by atoms with Gasteiger partial charge in [0.2, 0.25) is 20.0 Å². The zero-order chi connectivity index (χ0) is 19.4. The zero-order valence-corrected chi connectivity index (χ0v) is 17.4. The average molecular weight is 404 g/mol. The number of sulfonamides is 2. The van der Waals surface area contributed by atoms with Crippen LogP contribution in [-0.2, 0) is 20.0 Å². The van der Waals surface area contributed by atoms with E-state index in [9.17, 15) is 16.8 Å². The van der Waals surface area contributed by atoms with Gasteiger partial charge in [-0.25, -0.2) is 16.8 Å². The standard InChI is InChI=1S/C17H29N3O4S2/c1-4-11-18-12-14-20(15-13-18)26(23,24)17-9-7-16(8-10-17)25(21,22)19(5-2)6-3/h7-10H,4-6,11-15H2,1-3H3. The van der Waals surface area contributed by atoms with Gasteiger partial charge in [-0.1, -0.05) is 20.8 Å². The summed E-state index contributed by atoms with van der Waals surface area (Å²) in [5, 5.41) is 0. The molecule has 0 unspecified atom stereocenters. The summed E-state index contributed by atoms with van der Waals surface area (Å²) in [6.07, 6.45) is 1.05. The van der Waals surface area contributed by atoms with Crippen LogP contribution in [0.25, 0.3) is 0 Å². The molecule has 0 aromatic heterocycles. The Hall–Kier alpha value is -1.00. The van der Waals surface area contributed by atoms with Crippen molar-refractivity contribution in [2.24, 2.45) is 0 Å². The highest BCUT2D eigenvalue weighted by Gasteiger charge is 2.29. The van der Waals surface area contributed by atoms with Crippen molar-refractivity contribution in [1.29, 1.82) is 0 Å². The van der Waals surface area contributed by atoms with Crippen LogP contribution in [0.3, 0.4) is 0 Å². The predicted molar refractivity (Wildman–Crippen MR) is 102 cm³/mol. The van der Waals surface area contributed by atoms with E-state index in [1.165, 1.54) is 32.9 Å². The van der Waals surface area contributed by atoms with Gasteiger partial charge >= 0.3 is 0 Å². The van der Waals surface area contributed by atoms with E-state index in [2.05, 4.69) is 11.8 Å². The second-order valence-corrected chi connectivity index (χ2v) is 10.2. The number of benzene rings is 1. The second-order valence-electron chi connectivity index (χ2n) is 6.31. The minimum absolute atomic E-state index is 0.118. The molecule has 148 valence electrons. The molecule has 7 nitrogen and oxygen atoms in total.